The number of hydrogen-bond acceptors (Lipinski definition) is 9. The van der Waals surface area contributed by atoms with Crippen molar-refractivity contribution in [2.45, 2.75) is 0 Å². The SMILES string of the molecule is [2H]c1c([2H])c(-n2c3ccccc3c3cc4sc5ccccc5c4cc32)c([2H])c([2H])c1-c1nc(-c2ccc(-c3ccccc3)cc2)nc(-c2ccc(-c3ccccc3)cc2)n1.[2H]c1c([2H])c([2H])c(-c2nc(-c3ccc(-n4c5ccccc5c5cc6sc7ccccc7c6cc54)cn3)nc(-c3c([2H])c([2H])c([2H])c([2H])c3[2H])n2)c([2H])c1[2H]. The van der Waals surface area contributed by atoms with Crippen molar-refractivity contribution in [1.29, 1.82) is 0 Å². The fourth-order valence-corrected chi connectivity index (χ4v) is 15.4. The van der Waals surface area contributed by atoms with Crippen molar-refractivity contribution in [2.75, 3.05) is 0 Å². The Morgan fingerprint density at radius 2 is 0.610 bits per heavy atom. The fraction of sp³-hybridized carbons (Fsp3) is 0. The molecule has 0 radical (unpaired) electrons. The molecule has 0 saturated carbocycles. The molecule has 9 nitrogen and oxygen atoms in total. The van der Waals surface area contributed by atoms with Crippen molar-refractivity contribution in [3.63, 3.8) is 0 Å². The number of pyridine rings is 1. The summed E-state index contributed by atoms with van der Waals surface area (Å²) in [7, 11) is 0. The highest BCUT2D eigenvalue weighted by Gasteiger charge is 2.21. The quantitative estimate of drug-likeness (QED) is 0.134. The van der Waals surface area contributed by atoms with Crippen LogP contribution in [0.25, 0.3) is 186 Å². The van der Waals surface area contributed by atoms with Gasteiger partial charge in [-0.15, -0.1) is 22.7 Å². The van der Waals surface area contributed by atoms with Crippen molar-refractivity contribution < 1.29 is 19.2 Å². The van der Waals surface area contributed by atoms with Gasteiger partial charge in [-0.3, -0.25) is 4.98 Å². The molecule has 0 aliphatic carbocycles. The molecule has 20 aromatic rings. The summed E-state index contributed by atoms with van der Waals surface area (Å²) in [4.78, 5) is 32.7. The van der Waals surface area contributed by atoms with Gasteiger partial charge in [-0.05, 0) is 107 Å². The molecule has 7 heterocycles. The van der Waals surface area contributed by atoms with E-state index in [9.17, 15) is 5.48 Å². The van der Waals surface area contributed by atoms with Gasteiger partial charge in [0.1, 0.15) is 5.69 Å². The van der Waals surface area contributed by atoms with Crippen LogP contribution >= 0.6 is 22.7 Å². The number of rotatable bonds is 10. The van der Waals surface area contributed by atoms with Crippen LogP contribution in [0.15, 0.2) is 333 Å². The second-order valence-electron chi connectivity index (χ2n) is 23.8. The molecule has 0 saturated heterocycles. The first-order valence-corrected chi connectivity index (χ1v) is 33.7. The molecule has 0 spiro atoms. The topological polar surface area (TPSA) is 100 Å². The largest absolute Gasteiger partial charge is 0.309 e. The average Bonchev–Trinajstić information content (AvgIpc) is 1.57. The lowest BCUT2D eigenvalue weighted by Crippen LogP contribution is -2.02. The first-order chi connectivity index (χ1) is 55.3. The zero-order valence-corrected chi connectivity index (χ0v) is 54.1. The van der Waals surface area contributed by atoms with Gasteiger partial charge in [0.25, 0.3) is 0 Å². The summed E-state index contributed by atoms with van der Waals surface area (Å²) < 4.78 is 130. The highest BCUT2D eigenvalue weighted by molar-refractivity contribution is 7.26. The molecule has 0 unspecified atom stereocenters. The minimum atomic E-state index is -0.612. The Hall–Kier alpha value is -12.9. The predicted octanol–water partition coefficient (Wildman–Crippen LogP) is 23.4. The van der Waals surface area contributed by atoms with E-state index in [0.29, 0.717) is 11.6 Å². The summed E-state index contributed by atoms with van der Waals surface area (Å²) in [6.07, 6.45) is 1.65. The Morgan fingerprint density at radius 3 is 1.06 bits per heavy atom. The van der Waals surface area contributed by atoms with Crippen LogP contribution in [0.5, 0.6) is 0 Å². The highest BCUT2D eigenvalue weighted by Crippen LogP contribution is 2.43. The Labute approximate surface area is 602 Å². The molecule has 468 valence electrons. The van der Waals surface area contributed by atoms with Crippen LogP contribution in [0.3, 0.4) is 0 Å². The van der Waals surface area contributed by atoms with Crippen LogP contribution in [-0.2, 0) is 0 Å². The predicted molar refractivity (Wildman–Crippen MR) is 415 cm³/mol. The molecule has 0 aliphatic heterocycles. The van der Waals surface area contributed by atoms with Crippen molar-refractivity contribution >= 4 is 107 Å². The third-order valence-electron chi connectivity index (χ3n) is 17.9. The lowest BCUT2D eigenvalue weighted by atomic mass is 10.0. The van der Waals surface area contributed by atoms with E-state index in [0.717, 1.165) is 104 Å². The first-order valence-electron chi connectivity index (χ1n) is 39.1. The zero-order chi connectivity index (χ0) is 78.2. The molecule has 0 bridgehead atoms. The van der Waals surface area contributed by atoms with E-state index >= 15 is 0 Å². The summed E-state index contributed by atoms with van der Waals surface area (Å²) in [5.74, 6) is -0.0206. The molecule has 0 amide bonds. The van der Waals surface area contributed by atoms with Crippen molar-refractivity contribution in [3.05, 3.63) is 333 Å². The van der Waals surface area contributed by atoms with Gasteiger partial charge in [0.05, 0.1) is 53.1 Å². The molecule has 0 fully saturated rings. The van der Waals surface area contributed by atoms with Gasteiger partial charge in [-0.2, -0.15) is 0 Å². The van der Waals surface area contributed by atoms with Gasteiger partial charge in [0.15, 0.2) is 34.9 Å². The van der Waals surface area contributed by atoms with Gasteiger partial charge in [0, 0.05) is 95.4 Å². The van der Waals surface area contributed by atoms with E-state index in [-0.39, 0.29) is 75.5 Å². The summed E-state index contributed by atoms with van der Waals surface area (Å²) >= 11 is 3.49. The molecule has 0 atom stereocenters. The van der Waals surface area contributed by atoms with Crippen LogP contribution in [0.2, 0.25) is 0 Å². The van der Waals surface area contributed by atoms with Crippen molar-refractivity contribution in [1.82, 2.24) is 44.0 Å². The summed E-state index contributed by atoms with van der Waals surface area (Å²) in [6, 6.07) is 74.2. The lowest BCUT2D eigenvalue weighted by Gasteiger charge is -2.11. The molecule has 0 aliphatic rings. The minimum absolute atomic E-state index is 0.00690. The van der Waals surface area contributed by atoms with Gasteiger partial charge in [-0.25, -0.2) is 29.9 Å². The Kier molecular flexibility index (Phi) is 11.2. The second-order valence-corrected chi connectivity index (χ2v) is 25.9. The molecule has 7 aromatic heterocycles. The van der Waals surface area contributed by atoms with Crippen LogP contribution < -0.4 is 0 Å². The minimum Gasteiger partial charge on any atom is -0.309 e. The van der Waals surface area contributed by atoms with Crippen molar-refractivity contribution in [3.8, 4) is 102 Å². The number of hydrogen-bond donors (Lipinski definition) is 0. The number of aromatic nitrogens is 9. The second kappa shape index (κ2) is 24.6. The third kappa shape index (κ3) is 10.5. The lowest BCUT2D eigenvalue weighted by molar-refractivity contribution is 1.05. The zero-order valence-electron chi connectivity index (χ0n) is 66.5. The van der Waals surface area contributed by atoms with Gasteiger partial charge < -0.3 is 9.13 Å². The maximum absolute atomic E-state index is 9.58. The van der Waals surface area contributed by atoms with Crippen LogP contribution in [0.4, 0.5) is 0 Å². The Bertz CT molecular complexity index is 7130. The number of thiophene rings is 2. The molecule has 13 aromatic carbocycles. The van der Waals surface area contributed by atoms with E-state index in [1.54, 1.807) is 34.9 Å². The fourth-order valence-electron chi connectivity index (χ4n) is 13.1. The molecule has 0 N–H and O–H groups in total. The van der Waals surface area contributed by atoms with E-state index in [1.807, 2.05) is 162 Å². The standard InChI is InChI=1S/C51H32N4S.C38H23N5S/c1-3-11-33(12-4-1)35-19-23-37(24-20-35)49-52-50(38-25-21-36(22-26-38)34-13-5-2-6-14-34)54-51(53-49)39-27-29-40(30-28-39)55-45-17-9-7-15-41(45)43-32-48-44(31-46(43)55)42-16-8-10-18-47(42)56-48;1-3-11-24(12-4-1)36-40-37(25-13-5-2-6-14-25)42-38(41-36)31-20-19-26(23-39-31)43-32-17-9-7-15-27(32)29-22-35-30(21-33(29)43)28-16-8-10-18-34(28)44-35/h1-32H;1-23H/i27D,28D,29D,30D;1D,2D,3D,4D,5D,6D,11D,12D,13D,14D. The highest BCUT2D eigenvalue weighted by atomic mass is 32.1. The van der Waals surface area contributed by atoms with Gasteiger partial charge in [0.2, 0.25) is 0 Å². The van der Waals surface area contributed by atoms with Crippen LogP contribution in [0, 0.1) is 0 Å². The molecular formula is C89H55N9S2. The van der Waals surface area contributed by atoms with E-state index < -0.39 is 60.4 Å². The number of para-hydroxylation sites is 2. The summed E-state index contributed by atoms with van der Waals surface area (Å²) in [5, 5.41) is 8.63. The maximum atomic E-state index is 9.58. The summed E-state index contributed by atoms with van der Waals surface area (Å²) in [6.45, 7) is 0. The number of fused-ring (bicyclic) bond motifs is 12. The van der Waals surface area contributed by atoms with Crippen molar-refractivity contribution in [2.24, 2.45) is 0 Å². The summed E-state index contributed by atoms with van der Waals surface area (Å²) in [5.41, 5.74) is 9.68. The molecule has 20 rings (SSSR count). The van der Waals surface area contributed by atoms with E-state index in [2.05, 4.69) is 98.4 Å². The number of nitrogens with zero attached hydrogens (tertiary/aromatic N) is 9. The normalized spacial score (nSPS) is 13.6. The molecule has 11 heteroatoms. The first kappa shape index (κ1) is 45.5. The monoisotopic (exact) mass is 1330 g/mol. The average molecular weight is 1330 g/mol. The van der Waals surface area contributed by atoms with Gasteiger partial charge in [-0.1, -0.05) is 242 Å². The van der Waals surface area contributed by atoms with Crippen LogP contribution in [-0.4, -0.2) is 44.0 Å². The Morgan fingerprint density at radius 1 is 0.240 bits per heavy atom. The third-order valence-corrected chi connectivity index (χ3v) is 20.1. The smallest absolute Gasteiger partial charge is 0.182 e. The van der Waals surface area contributed by atoms with E-state index in [1.165, 1.54) is 19.5 Å². The number of benzene rings is 13. The molecular weight excluding hydrogens is 1260 g/mol. The molecule has 100 heavy (non-hydrogen) atoms. The maximum Gasteiger partial charge on any atom is 0.182 e. The van der Waals surface area contributed by atoms with Gasteiger partial charge >= 0.3 is 0 Å². The van der Waals surface area contributed by atoms with Crippen LogP contribution in [0.1, 0.15) is 19.2 Å². The van der Waals surface area contributed by atoms with E-state index in [4.69, 9.17) is 33.6 Å². The Balaban J connectivity index is 0.000000154.